The van der Waals surface area contributed by atoms with Crippen LogP contribution >= 0.6 is 31.9 Å². The second kappa shape index (κ2) is 7.15. The van der Waals surface area contributed by atoms with Gasteiger partial charge in [0, 0.05) is 22.3 Å². The summed E-state index contributed by atoms with van der Waals surface area (Å²) in [5.74, 6) is -0.187. The highest BCUT2D eigenvalue weighted by Crippen LogP contribution is 2.33. The minimum Gasteiger partial charge on any atom is -0.495 e. The fourth-order valence-corrected chi connectivity index (χ4v) is 3.59. The number of carboxylic acids is 1. The molecule has 0 spiro atoms. The lowest BCUT2D eigenvalue weighted by Crippen LogP contribution is -2.05. The Morgan fingerprint density at radius 1 is 1.27 bits per heavy atom. The monoisotopic (exact) mass is 427 g/mol. The van der Waals surface area contributed by atoms with Gasteiger partial charge in [0.25, 0.3) is 0 Å². The first-order valence-corrected chi connectivity index (χ1v) is 8.10. The first-order chi connectivity index (χ1) is 10.4. The highest BCUT2D eigenvalue weighted by atomic mass is 79.9. The van der Waals surface area contributed by atoms with E-state index in [0.717, 1.165) is 31.5 Å². The maximum absolute atomic E-state index is 11.1. The largest absolute Gasteiger partial charge is 0.495 e. The van der Waals surface area contributed by atoms with Crippen LogP contribution in [0, 0.1) is 6.92 Å². The van der Waals surface area contributed by atoms with Gasteiger partial charge in [-0.15, -0.1) is 0 Å². The van der Waals surface area contributed by atoms with Crippen LogP contribution in [0.4, 0.5) is 5.69 Å². The third-order valence-electron chi connectivity index (χ3n) is 3.24. The molecule has 0 saturated carbocycles. The van der Waals surface area contributed by atoms with Gasteiger partial charge in [0.05, 0.1) is 17.1 Å². The van der Waals surface area contributed by atoms with Crippen LogP contribution in [0.25, 0.3) is 0 Å². The van der Waals surface area contributed by atoms with Gasteiger partial charge in [0.15, 0.2) is 0 Å². The maximum Gasteiger partial charge on any atom is 0.335 e. The van der Waals surface area contributed by atoms with E-state index >= 15 is 0 Å². The third kappa shape index (κ3) is 3.81. The zero-order valence-electron chi connectivity index (χ0n) is 12.1. The molecule has 0 atom stereocenters. The molecule has 0 fully saturated rings. The number of aryl methyl sites for hydroxylation is 1. The molecule has 116 valence electrons. The second-order valence-electron chi connectivity index (χ2n) is 4.77. The Balaban J connectivity index is 2.27. The summed E-state index contributed by atoms with van der Waals surface area (Å²) in [6, 6.07) is 8.90. The van der Waals surface area contributed by atoms with Crippen molar-refractivity contribution in [2.24, 2.45) is 0 Å². The molecule has 6 heteroatoms. The summed E-state index contributed by atoms with van der Waals surface area (Å²) < 4.78 is 7.21. The lowest BCUT2D eigenvalue weighted by Gasteiger charge is -2.14. The number of ether oxygens (including phenoxy) is 1. The molecule has 2 rings (SSSR count). The quantitative estimate of drug-likeness (QED) is 0.715. The van der Waals surface area contributed by atoms with E-state index in [4.69, 9.17) is 9.84 Å². The molecule has 22 heavy (non-hydrogen) atoms. The topological polar surface area (TPSA) is 58.6 Å². The number of methoxy groups -OCH3 is 1. The van der Waals surface area contributed by atoms with Gasteiger partial charge in [-0.05, 0) is 52.7 Å². The van der Waals surface area contributed by atoms with Crippen LogP contribution in [0.3, 0.4) is 0 Å². The van der Waals surface area contributed by atoms with Gasteiger partial charge >= 0.3 is 5.97 Å². The SMILES string of the molecule is COc1c(Br)cc(Br)cc1CNc1cc(C(=O)O)ccc1C. The molecule has 4 nitrogen and oxygen atoms in total. The Morgan fingerprint density at radius 2 is 2.00 bits per heavy atom. The molecule has 0 aliphatic heterocycles. The van der Waals surface area contributed by atoms with E-state index < -0.39 is 5.97 Å². The molecule has 2 aromatic carbocycles. The van der Waals surface area contributed by atoms with Crippen LogP contribution in [0.2, 0.25) is 0 Å². The predicted octanol–water partition coefficient (Wildman–Crippen LogP) is 4.84. The zero-order valence-corrected chi connectivity index (χ0v) is 15.3. The molecule has 2 aromatic rings. The first kappa shape index (κ1) is 16.8. The average molecular weight is 429 g/mol. The minimum absolute atomic E-state index is 0.260. The molecular weight excluding hydrogens is 414 g/mol. The van der Waals surface area contributed by atoms with Gasteiger partial charge in [0.1, 0.15) is 5.75 Å². The number of nitrogens with one attached hydrogen (secondary N) is 1. The Hall–Kier alpha value is -1.53. The normalized spacial score (nSPS) is 10.4. The standard InChI is InChI=1S/C16H15Br2NO3/c1-9-3-4-10(16(20)21)6-14(9)19-8-11-5-12(17)7-13(18)15(11)22-2/h3-7,19H,8H2,1-2H3,(H,20,21). The van der Waals surface area contributed by atoms with Crippen molar-refractivity contribution in [2.75, 3.05) is 12.4 Å². The lowest BCUT2D eigenvalue weighted by atomic mass is 10.1. The number of carbonyl (C=O) groups is 1. The van der Waals surface area contributed by atoms with Crippen LogP contribution in [0.1, 0.15) is 21.5 Å². The summed E-state index contributed by atoms with van der Waals surface area (Å²) in [5, 5.41) is 12.3. The van der Waals surface area contributed by atoms with E-state index in [1.165, 1.54) is 0 Å². The van der Waals surface area contributed by atoms with Crippen molar-refractivity contribution >= 4 is 43.5 Å². The van der Waals surface area contributed by atoms with Crippen molar-refractivity contribution in [3.05, 3.63) is 56.0 Å². The highest BCUT2D eigenvalue weighted by molar-refractivity contribution is 9.11. The number of halogens is 2. The molecule has 0 heterocycles. The van der Waals surface area contributed by atoms with Crippen molar-refractivity contribution in [1.29, 1.82) is 0 Å². The molecule has 0 saturated heterocycles. The first-order valence-electron chi connectivity index (χ1n) is 6.52. The summed E-state index contributed by atoms with van der Waals surface area (Å²) >= 11 is 6.93. The number of rotatable bonds is 5. The number of benzene rings is 2. The average Bonchev–Trinajstić information content (AvgIpc) is 2.45. The smallest absolute Gasteiger partial charge is 0.335 e. The molecule has 0 aliphatic carbocycles. The lowest BCUT2D eigenvalue weighted by molar-refractivity contribution is 0.0697. The zero-order chi connectivity index (χ0) is 16.3. The van der Waals surface area contributed by atoms with Crippen LogP contribution in [0.5, 0.6) is 5.75 Å². The highest BCUT2D eigenvalue weighted by Gasteiger charge is 2.11. The summed E-state index contributed by atoms with van der Waals surface area (Å²) in [6.07, 6.45) is 0. The Morgan fingerprint density at radius 3 is 2.64 bits per heavy atom. The van der Waals surface area contributed by atoms with Crippen molar-refractivity contribution in [2.45, 2.75) is 13.5 Å². The number of anilines is 1. The van der Waals surface area contributed by atoms with Crippen molar-refractivity contribution in [1.82, 2.24) is 0 Å². The Kier molecular flexibility index (Phi) is 5.47. The van der Waals surface area contributed by atoms with Crippen LogP contribution in [0.15, 0.2) is 39.3 Å². The van der Waals surface area contributed by atoms with E-state index in [-0.39, 0.29) is 5.56 Å². The van der Waals surface area contributed by atoms with Gasteiger partial charge in [-0.2, -0.15) is 0 Å². The summed E-state index contributed by atoms with van der Waals surface area (Å²) in [6.45, 7) is 2.45. The number of hydrogen-bond acceptors (Lipinski definition) is 3. The van der Waals surface area contributed by atoms with E-state index in [1.807, 2.05) is 19.1 Å². The molecule has 0 aliphatic rings. The molecule has 0 aromatic heterocycles. The Bertz CT molecular complexity index is 717. The molecule has 0 unspecified atom stereocenters. The van der Waals surface area contributed by atoms with E-state index in [2.05, 4.69) is 37.2 Å². The predicted molar refractivity (Wildman–Crippen MR) is 93.9 cm³/mol. The fourth-order valence-electron chi connectivity index (χ4n) is 2.11. The number of carboxylic acid groups (broad SMARTS) is 1. The molecule has 0 amide bonds. The summed E-state index contributed by atoms with van der Waals surface area (Å²) in [7, 11) is 1.62. The van der Waals surface area contributed by atoms with Gasteiger partial charge in [-0.3, -0.25) is 0 Å². The van der Waals surface area contributed by atoms with E-state index in [9.17, 15) is 4.79 Å². The molecule has 0 radical (unpaired) electrons. The van der Waals surface area contributed by atoms with Gasteiger partial charge in [-0.1, -0.05) is 22.0 Å². The number of hydrogen-bond donors (Lipinski definition) is 2. The van der Waals surface area contributed by atoms with Crippen LogP contribution in [-0.4, -0.2) is 18.2 Å². The molecule has 0 bridgehead atoms. The fraction of sp³-hybridized carbons (Fsp3) is 0.188. The maximum atomic E-state index is 11.1. The van der Waals surface area contributed by atoms with Gasteiger partial charge in [0.2, 0.25) is 0 Å². The third-order valence-corrected chi connectivity index (χ3v) is 4.29. The van der Waals surface area contributed by atoms with Crippen LogP contribution in [-0.2, 0) is 6.54 Å². The van der Waals surface area contributed by atoms with Gasteiger partial charge in [-0.25, -0.2) is 4.79 Å². The van der Waals surface area contributed by atoms with Crippen LogP contribution < -0.4 is 10.1 Å². The van der Waals surface area contributed by atoms with E-state index in [1.54, 1.807) is 25.3 Å². The molecular formula is C16H15Br2NO3. The van der Waals surface area contributed by atoms with Crippen molar-refractivity contribution in [3.8, 4) is 5.75 Å². The molecule has 2 N–H and O–H groups in total. The van der Waals surface area contributed by atoms with Crippen molar-refractivity contribution in [3.63, 3.8) is 0 Å². The van der Waals surface area contributed by atoms with Crippen molar-refractivity contribution < 1.29 is 14.6 Å². The van der Waals surface area contributed by atoms with Gasteiger partial charge < -0.3 is 15.2 Å². The van der Waals surface area contributed by atoms with E-state index in [0.29, 0.717) is 6.54 Å². The second-order valence-corrected chi connectivity index (χ2v) is 6.54. The summed E-state index contributed by atoms with van der Waals surface area (Å²) in [5.41, 5.74) is 3.00. The Labute approximate surface area is 145 Å². The summed E-state index contributed by atoms with van der Waals surface area (Å²) in [4.78, 5) is 11.1. The number of aromatic carboxylic acids is 1. The minimum atomic E-state index is -0.939.